The minimum absolute atomic E-state index is 0.00570. The lowest BCUT2D eigenvalue weighted by molar-refractivity contribution is -0.139. The Labute approximate surface area is 190 Å². The van der Waals surface area contributed by atoms with Crippen LogP contribution in [-0.4, -0.2) is 57.3 Å². The summed E-state index contributed by atoms with van der Waals surface area (Å²) in [7, 11) is -0.461. The number of nitrogens with one attached hydrogen (secondary N) is 1. The molecular formula is C21H26F3N3O3S2. The van der Waals surface area contributed by atoms with Gasteiger partial charge in [-0.05, 0) is 61.5 Å². The van der Waals surface area contributed by atoms with Gasteiger partial charge in [-0.1, -0.05) is 12.1 Å². The fourth-order valence-corrected chi connectivity index (χ4v) is 6.22. The molecule has 1 aromatic carbocycles. The van der Waals surface area contributed by atoms with E-state index in [1.165, 1.54) is 6.07 Å². The molecule has 1 unspecified atom stereocenters. The minimum atomic E-state index is -4.77. The van der Waals surface area contributed by atoms with E-state index in [2.05, 4.69) is 5.32 Å². The molecule has 1 atom stereocenters. The van der Waals surface area contributed by atoms with E-state index < -0.39 is 26.7 Å². The fraction of sp³-hybridized carbons (Fsp3) is 0.476. The summed E-state index contributed by atoms with van der Waals surface area (Å²) in [5.74, 6) is -0.551. The number of alkyl halides is 3. The number of sulfonamides is 1. The number of amides is 1. The monoisotopic (exact) mass is 489 g/mol. The highest BCUT2D eigenvalue weighted by molar-refractivity contribution is 7.89. The van der Waals surface area contributed by atoms with E-state index >= 15 is 0 Å². The van der Waals surface area contributed by atoms with Gasteiger partial charge in [-0.25, -0.2) is 8.42 Å². The summed E-state index contributed by atoms with van der Waals surface area (Å²) in [4.78, 5) is 13.9. The second-order valence-corrected chi connectivity index (χ2v) is 10.6. The van der Waals surface area contributed by atoms with Crippen LogP contribution in [0, 0.1) is 5.92 Å². The van der Waals surface area contributed by atoms with Gasteiger partial charge in [0.05, 0.1) is 16.5 Å². The highest BCUT2D eigenvalue weighted by atomic mass is 32.2. The van der Waals surface area contributed by atoms with Gasteiger partial charge in [0.15, 0.2) is 0 Å². The number of piperidine rings is 1. The van der Waals surface area contributed by atoms with Crippen molar-refractivity contribution in [3.05, 3.63) is 52.2 Å². The number of benzene rings is 1. The van der Waals surface area contributed by atoms with Crippen molar-refractivity contribution < 1.29 is 26.4 Å². The molecule has 176 valence electrons. The van der Waals surface area contributed by atoms with Crippen molar-refractivity contribution >= 4 is 27.3 Å². The Morgan fingerprint density at radius 2 is 1.88 bits per heavy atom. The van der Waals surface area contributed by atoms with Crippen LogP contribution in [0.2, 0.25) is 0 Å². The van der Waals surface area contributed by atoms with E-state index in [0.29, 0.717) is 6.54 Å². The number of carbonyl (C=O) groups is 1. The van der Waals surface area contributed by atoms with Crippen molar-refractivity contribution in [2.24, 2.45) is 5.92 Å². The van der Waals surface area contributed by atoms with Crippen LogP contribution in [0.3, 0.4) is 0 Å². The number of halogens is 3. The molecule has 3 rings (SSSR count). The van der Waals surface area contributed by atoms with Crippen molar-refractivity contribution in [1.82, 2.24) is 14.5 Å². The molecule has 6 nitrogen and oxygen atoms in total. The number of hydrogen-bond donors (Lipinski definition) is 1. The summed E-state index contributed by atoms with van der Waals surface area (Å²) in [6.07, 6.45) is -4.26. The van der Waals surface area contributed by atoms with Crippen molar-refractivity contribution in [1.29, 1.82) is 0 Å². The van der Waals surface area contributed by atoms with E-state index in [1.54, 1.807) is 11.3 Å². The van der Waals surface area contributed by atoms with Gasteiger partial charge in [0.1, 0.15) is 0 Å². The first-order valence-corrected chi connectivity index (χ1v) is 12.5. The number of rotatable bonds is 7. The summed E-state index contributed by atoms with van der Waals surface area (Å²) in [5, 5.41) is 6.94. The van der Waals surface area contributed by atoms with Gasteiger partial charge in [-0.15, -0.1) is 0 Å². The zero-order valence-corrected chi connectivity index (χ0v) is 19.4. The molecule has 1 fully saturated rings. The predicted octanol–water partition coefficient (Wildman–Crippen LogP) is 3.59. The largest absolute Gasteiger partial charge is 0.417 e. The number of hydrogen-bond acceptors (Lipinski definition) is 5. The molecule has 1 aromatic heterocycles. The first kappa shape index (κ1) is 24.7. The number of nitrogens with zero attached hydrogens (tertiary/aromatic N) is 2. The number of carbonyl (C=O) groups excluding carboxylic acids is 1. The molecule has 0 bridgehead atoms. The summed E-state index contributed by atoms with van der Waals surface area (Å²) >= 11 is 1.58. The Bertz CT molecular complexity index is 1020. The Morgan fingerprint density at radius 1 is 1.22 bits per heavy atom. The number of likely N-dealkylation sites (N-methyl/N-ethyl adjacent to an activating group) is 1. The summed E-state index contributed by atoms with van der Waals surface area (Å²) in [5.41, 5.74) is -0.0763. The Hall–Kier alpha value is -1.95. The standard InChI is InChI=1S/C21H26F3N3O3S2/c1-26(2)18(16-9-12-31-14-16)13-25-20(28)15-7-10-27(11-8-15)32(29,30)19-6-4-3-5-17(19)21(22,23)24/h3-6,9,12,14-15,18H,7-8,10-11,13H2,1-2H3,(H,25,28). The van der Waals surface area contributed by atoms with Gasteiger partial charge in [-0.2, -0.15) is 28.8 Å². The van der Waals surface area contributed by atoms with E-state index in [-0.39, 0.29) is 43.8 Å². The van der Waals surface area contributed by atoms with Gasteiger partial charge in [0, 0.05) is 25.6 Å². The topological polar surface area (TPSA) is 69.7 Å². The molecule has 2 heterocycles. The van der Waals surface area contributed by atoms with Crippen molar-refractivity contribution in [2.45, 2.75) is 30.0 Å². The van der Waals surface area contributed by atoms with Crippen molar-refractivity contribution in [3.8, 4) is 0 Å². The minimum Gasteiger partial charge on any atom is -0.354 e. The molecule has 32 heavy (non-hydrogen) atoms. The lowest BCUT2D eigenvalue weighted by Gasteiger charge is -2.32. The zero-order valence-electron chi connectivity index (χ0n) is 17.8. The molecule has 1 aliphatic rings. The maximum atomic E-state index is 13.3. The zero-order chi connectivity index (χ0) is 23.5. The molecule has 0 radical (unpaired) electrons. The summed E-state index contributed by atoms with van der Waals surface area (Å²) in [6.45, 7) is 0.405. The quantitative estimate of drug-likeness (QED) is 0.646. The van der Waals surface area contributed by atoms with Crippen LogP contribution in [0.4, 0.5) is 13.2 Å². The Morgan fingerprint density at radius 3 is 2.44 bits per heavy atom. The first-order chi connectivity index (χ1) is 15.0. The van der Waals surface area contributed by atoms with E-state index in [4.69, 9.17) is 0 Å². The van der Waals surface area contributed by atoms with Crippen LogP contribution in [-0.2, 0) is 21.0 Å². The van der Waals surface area contributed by atoms with E-state index in [1.807, 2.05) is 35.8 Å². The molecule has 1 saturated heterocycles. The maximum Gasteiger partial charge on any atom is 0.417 e. The van der Waals surface area contributed by atoms with Crippen LogP contribution in [0.1, 0.15) is 30.0 Å². The summed E-state index contributed by atoms with van der Waals surface area (Å²) < 4.78 is 66.6. The molecule has 2 aromatic rings. The predicted molar refractivity (Wildman–Crippen MR) is 117 cm³/mol. The van der Waals surface area contributed by atoms with Gasteiger partial charge in [0.2, 0.25) is 15.9 Å². The first-order valence-electron chi connectivity index (χ1n) is 10.1. The molecule has 11 heteroatoms. The Kier molecular flexibility index (Phi) is 7.64. The smallest absolute Gasteiger partial charge is 0.354 e. The third kappa shape index (κ3) is 5.51. The van der Waals surface area contributed by atoms with Gasteiger partial charge in [-0.3, -0.25) is 4.79 Å². The van der Waals surface area contributed by atoms with Crippen molar-refractivity contribution in [3.63, 3.8) is 0 Å². The van der Waals surface area contributed by atoms with E-state index in [9.17, 15) is 26.4 Å². The van der Waals surface area contributed by atoms with Gasteiger partial charge >= 0.3 is 6.18 Å². The molecule has 0 saturated carbocycles. The second kappa shape index (κ2) is 9.90. The average molecular weight is 490 g/mol. The molecule has 1 N–H and O–H groups in total. The van der Waals surface area contributed by atoms with Crippen LogP contribution in [0.25, 0.3) is 0 Å². The lowest BCUT2D eigenvalue weighted by atomic mass is 9.97. The van der Waals surface area contributed by atoms with Gasteiger partial charge in [0.25, 0.3) is 0 Å². The highest BCUT2D eigenvalue weighted by Crippen LogP contribution is 2.36. The summed E-state index contributed by atoms with van der Waals surface area (Å²) in [6, 6.07) is 6.20. The van der Waals surface area contributed by atoms with Crippen LogP contribution in [0.5, 0.6) is 0 Å². The molecule has 1 amide bonds. The third-order valence-electron chi connectivity index (χ3n) is 5.66. The molecular weight excluding hydrogens is 463 g/mol. The van der Waals surface area contributed by atoms with E-state index in [0.717, 1.165) is 28.1 Å². The van der Waals surface area contributed by atoms with Crippen molar-refractivity contribution in [2.75, 3.05) is 33.7 Å². The van der Waals surface area contributed by atoms with Crippen LogP contribution >= 0.6 is 11.3 Å². The van der Waals surface area contributed by atoms with Crippen LogP contribution in [0.15, 0.2) is 46.0 Å². The average Bonchev–Trinajstić information content (AvgIpc) is 3.27. The van der Waals surface area contributed by atoms with Crippen LogP contribution < -0.4 is 5.32 Å². The molecule has 0 spiro atoms. The molecule has 1 aliphatic heterocycles. The molecule has 0 aliphatic carbocycles. The SMILES string of the molecule is CN(C)C(CNC(=O)C1CCN(S(=O)(=O)c2ccccc2C(F)(F)F)CC1)c1ccsc1. The van der Waals surface area contributed by atoms with Gasteiger partial charge < -0.3 is 10.2 Å². The maximum absolute atomic E-state index is 13.3. The second-order valence-electron chi connectivity index (χ2n) is 7.95. The fourth-order valence-electron chi connectivity index (χ4n) is 3.83. The number of thiophene rings is 1. The normalized spacial score (nSPS) is 17.4. The third-order valence-corrected chi connectivity index (χ3v) is 8.31. The Balaban J connectivity index is 1.62. The highest BCUT2D eigenvalue weighted by Gasteiger charge is 2.40. The lowest BCUT2D eigenvalue weighted by Crippen LogP contribution is -2.44.